The lowest BCUT2D eigenvalue weighted by atomic mass is 9.96. The van der Waals surface area contributed by atoms with Crippen molar-refractivity contribution in [3.63, 3.8) is 0 Å². The average Bonchev–Trinajstić information content (AvgIpc) is 2.80. The molecule has 2 N–H and O–H groups in total. The average molecular weight is 536 g/mol. The zero-order valence-electron chi connectivity index (χ0n) is 24.1. The number of hydrogen-bond acceptors (Lipinski definition) is 5. The number of nitrogens with one attached hydrogen (secondary N) is 2. The molecule has 0 aliphatic carbocycles. The van der Waals surface area contributed by atoms with E-state index in [-0.39, 0.29) is 23.6 Å². The van der Waals surface area contributed by atoms with Crippen LogP contribution < -0.4 is 10.6 Å². The number of amides is 3. The fraction of sp³-hybridized carbons (Fsp3) is 0.690. The van der Waals surface area contributed by atoms with Crippen molar-refractivity contribution in [2.45, 2.75) is 111 Å². The molecule has 0 saturated carbocycles. The van der Waals surface area contributed by atoms with E-state index in [2.05, 4.69) is 44.0 Å². The summed E-state index contributed by atoms with van der Waals surface area (Å²) in [5, 5.41) is 5.73. The maximum atomic E-state index is 14.1. The molecule has 1 rings (SSSR count). The first-order valence-corrected chi connectivity index (χ1v) is 14.2. The van der Waals surface area contributed by atoms with Gasteiger partial charge < -0.3 is 20.3 Å². The summed E-state index contributed by atoms with van der Waals surface area (Å²) in [7, 11) is 0. The minimum Gasteiger partial charge on any atom is -0.444 e. The summed E-state index contributed by atoms with van der Waals surface area (Å²) in [5.41, 5.74) is 1.04. The number of rotatable bonds is 14. The SMILES string of the molecule is CCCCCNC(=O)C(c1cccc(C)c1)N(C(=O)C(CS)NC(=O)OC(C)(C)C)C(C)CCC(C)C. The Morgan fingerprint density at radius 2 is 1.76 bits per heavy atom. The highest BCUT2D eigenvalue weighted by atomic mass is 32.1. The molecule has 3 unspecified atom stereocenters. The maximum absolute atomic E-state index is 14.1. The summed E-state index contributed by atoms with van der Waals surface area (Å²) in [4.78, 5) is 41.9. The minimum absolute atomic E-state index is 0.0735. The van der Waals surface area contributed by atoms with E-state index in [1.165, 1.54) is 0 Å². The number of benzene rings is 1. The van der Waals surface area contributed by atoms with Gasteiger partial charge in [-0.3, -0.25) is 9.59 Å². The van der Waals surface area contributed by atoms with Crippen LogP contribution in [0.1, 0.15) is 97.7 Å². The third-order valence-corrected chi connectivity index (χ3v) is 6.39. The predicted molar refractivity (Wildman–Crippen MR) is 154 cm³/mol. The number of alkyl carbamates (subject to hydrolysis) is 1. The van der Waals surface area contributed by atoms with E-state index in [0.29, 0.717) is 12.5 Å². The summed E-state index contributed by atoms with van der Waals surface area (Å²) < 4.78 is 5.39. The van der Waals surface area contributed by atoms with Crippen LogP contribution in [-0.4, -0.2) is 52.8 Å². The van der Waals surface area contributed by atoms with E-state index >= 15 is 0 Å². The van der Waals surface area contributed by atoms with Gasteiger partial charge in [-0.25, -0.2) is 4.79 Å². The molecule has 0 aliphatic heterocycles. The number of hydrogen-bond donors (Lipinski definition) is 3. The number of ether oxygens (including phenoxy) is 1. The second-order valence-corrected chi connectivity index (χ2v) is 11.6. The van der Waals surface area contributed by atoms with Crippen molar-refractivity contribution >= 4 is 30.5 Å². The topological polar surface area (TPSA) is 87.7 Å². The quantitative estimate of drug-likeness (QED) is 0.207. The first kappa shape index (κ1) is 32.8. The van der Waals surface area contributed by atoms with Gasteiger partial charge in [-0.15, -0.1) is 0 Å². The van der Waals surface area contributed by atoms with Crippen LogP contribution in [0.5, 0.6) is 0 Å². The van der Waals surface area contributed by atoms with Gasteiger partial charge >= 0.3 is 6.09 Å². The zero-order chi connectivity index (χ0) is 28.2. The molecule has 0 bridgehead atoms. The Bertz CT molecular complexity index is 869. The molecule has 0 aromatic heterocycles. The van der Waals surface area contributed by atoms with Crippen LogP contribution in [0.4, 0.5) is 4.79 Å². The van der Waals surface area contributed by atoms with E-state index in [1.54, 1.807) is 25.7 Å². The Morgan fingerprint density at radius 3 is 2.30 bits per heavy atom. The van der Waals surface area contributed by atoms with Gasteiger partial charge in [-0.05, 0) is 65.4 Å². The van der Waals surface area contributed by atoms with Crippen LogP contribution in [0.15, 0.2) is 24.3 Å². The molecule has 0 fully saturated rings. The highest BCUT2D eigenvalue weighted by Crippen LogP contribution is 2.28. The molecule has 37 heavy (non-hydrogen) atoms. The van der Waals surface area contributed by atoms with Crippen LogP contribution in [0.3, 0.4) is 0 Å². The zero-order valence-corrected chi connectivity index (χ0v) is 25.0. The molecular weight excluding hydrogens is 486 g/mol. The third kappa shape index (κ3) is 11.8. The summed E-state index contributed by atoms with van der Waals surface area (Å²) in [6.45, 7) is 16.2. The molecule has 8 heteroatoms. The second kappa shape index (κ2) is 15.9. The van der Waals surface area contributed by atoms with E-state index in [9.17, 15) is 14.4 Å². The molecule has 1 aromatic rings. The van der Waals surface area contributed by atoms with Crippen LogP contribution >= 0.6 is 12.6 Å². The minimum atomic E-state index is -0.945. The van der Waals surface area contributed by atoms with E-state index in [0.717, 1.165) is 43.2 Å². The Morgan fingerprint density at radius 1 is 1.08 bits per heavy atom. The standard InChI is InChI=1S/C29H49N3O4S/c1-9-10-11-17-30-26(33)25(23-14-12-13-21(4)18-23)32(22(5)16-15-20(2)3)27(34)24(19-37)31-28(35)36-29(6,7)8/h12-14,18,20,22,24-25,37H,9-11,15-17,19H2,1-8H3,(H,30,33)(H,31,35). The fourth-order valence-electron chi connectivity index (χ4n) is 4.09. The van der Waals surface area contributed by atoms with Crippen LogP contribution in [-0.2, 0) is 14.3 Å². The smallest absolute Gasteiger partial charge is 0.408 e. The molecular formula is C29H49N3O4S. The summed E-state index contributed by atoms with van der Waals surface area (Å²) >= 11 is 4.37. The van der Waals surface area contributed by atoms with Gasteiger partial charge in [0.1, 0.15) is 17.7 Å². The largest absolute Gasteiger partial charge is 0.444 e. The monoisotopic (exact) mass is 535 g/mol. The number of nitrogens with zero attached hydrogens (tertiary/aromatic N) is 1. The molecule has 1 aromatic carbocycles. The number of aryl methyl sites for hydroxylation is 1. The molecule has 0 heterocycles. The van der Waals surface area contributed by atoms with Crippen molar-refractivity contribution in [1.29, 1.82) is 0 Å². The molecule has 210 valence electrons. The number of carbonyl (C=O) groups excluding carboxylic acids is 3. The van der Waals surface area contributed by atoms with Crippen molar-refractivity contribution in [3.8, 4) is 0 Å². The van der Waals surface area contributed by atoms with Gasteiger partial charge in [0.25, 0.3) is 0 Å². The number of carbonyl (C=O) groups is 3. The van der Waals surface area contributed by atoms with Gasteiger partial charge in [-0.1, -0.05) is 63.4 Å². The van der Waals surface area contributed by atoms with Crippen LogP contribution in [0, 0.1) is 12.8 Å². The Balaban J connectivity index is 3.45. The fourth-order valence-corrected chi connectivity index (χ4v) is 4.34. The van der Waals surface area contributed by atoms with Gasteiger partial charge in [0.15, 0.2) is 0 Å². The first-order valence-electron chi connectivity index (χ1n) is 13.6. The highest BCUT2D eigenvalue weighted by Gasteiger charge is 2.38. The first-order chi connectivity index (χ1) is 17.3. The van der Waals surface area contributed by atoms with E-state index in [4.69, 9.17) is 4.74 Å². The third-order valence-electron chi connectivity index (χ3n) is 6.03. The Hall–Kier alpha value is -2.22. The molecule has 0 aliphatic rings. The van der Waals surface area contributed by atoms with Gasteiger partial charge in [0.2, 0.25) is 11.8 Å². The molecule has 0 spiro atoms. The molecule has 3 atom stereocenters. The Kier molecular flexibility index (Phi) is 14.1. The van der Waals surface area contributed by atoms with E-state index < -0.39 is 23.8 Å². The number of thiol groups is 1. The molecule has 7 nitrogen and oxygen atoms in total. The lowest BCUT2D eigenvalue weighted by molar-refractivity contribution is -0.144. The molecule has 0 saturated heterocycles. The second-order valence-electron chi connectivity index (χ2n) is 11.3. The van der Waals surface area contributed by atoms with Crippen molar-refractivity contribution in [3.05, 3.63) is 35.4 Å². The Labute approximate surface area is 229 Å². The predicted octanol–water partition coefficient (Wildman–Crippen LogP) is 5.82. The van der Waals surface area contributed by atoms with Crippen molar-refractivity contribution in [2.75, 3.05) is 12.3 Å². The normalized spacial score (nSPS) is 14.0. The van der Waals surface area contributed by atoms with Gasteiger partial charge in [0.05, 0.1) is 0 Å². The summed E-state index contributed by atoms with van der Waals surface area (Å²) in [5.74, 6) is -0.0568. The van der Waals surface area contributed by atoms with Gasteiger partial charge in [0, 0.05) is 18.3 Å². The molecule has 0 radical (unpaired) electrons. The summed E-state index contributed by atoms with van der Waals surface area (Å²) in [6.07, 6.45) is 3.87. The van der Waals surface area contributed by atoms with Crippen molar-refractivity contribution < 1.29 is 19.1 Å². The lowest BCUT2D eigenvalue weighted by Crippen LogP contribution is -2.56. The van der Waals surface area contributed by atoms with Gasteiger partial charge in [-0.2, -0.15) is 12.6 Å². The lowest BCUT2D eigenvalue weighted by Gasteiger charge is -2.38. The van der Waals surface area contributed by atoms with Crippen LogP contribution in [0.2, 0.25) is 0 Å². The summed E-state index contributed by atoms with van der Waals surface area (Å²) in [6, 6.07) is 5.68. The molecule has 3 amide bonds. The number of unbranched alkanes of at least 4 members (excludes halogenated alkanes) is 2. The maximum Gasteiger partial charge on any atom is 0.408 e. The van der Waals surface area contributed by atoms with Crippen molar-refractivity contribution in [1.82, 2.24) is 15.5 Å². The van der Waals surface area contributed by atoms with E-state index in [1.807, 2.05) is 38.1 Å². The van der Waals surface area contributed by atoms with Crippen LogP contribution in [0.25, 0.3) is 0 Å². The van der Waals surface area contributed by atoms with Crippen molar-refractivity contribution in [2.24, 2.45) is 5.92 Å². The highest BCUT2D eigenvalue weighted by molar-refractivity contribution is 7.80.